The Balaban J connectivity index is 1.71. The van der Waals surface area contributed by atoms with Crippen LogP contribution in [0.15, 0.2) is 18.2 Å². The van der Waals surface area contributed by atoms with Gasteiger partial charge in [0.05, 0.1) is 6.10 Å². The number of nitrogen functional groups attached to an aromatic ring is 1. The minimum atomic E-state index is -0.0683. The molecule has 2 heteroatoms. The minimum Gasteiger partial charge on any atom is -0.399 e. The topological polar surface area (TPSA) is 46.2 Å². The smallest absolute Gasteiger partial charge is 0.0596 e. The highest BCUT2D eigenvalue weighted by molar-refractivity contribution is 5.47. The Labute approximate surface area is 121 Å². The highest BCUT2D eigenvalue weighted by atomic mass is 16.3. The third-order valence-corrected chi connectivity index (χ3v) is 6.70. The zero-order chi connectivity index (χ0) is 13.9. The van der Waals surface area contributed by atoms with Crippen LogP contribution in [0.4, 0.5) is 5.69 Å². The zero-order valence-corrected chi connectivity index (χ0v) is 12.3. The van der Waals surface area contributed by atoms with E-state index in [2.05, 4.69) is 25.1 Å². The SMILES string of the molecule is C[C@]12CC[C@@H]3c4ccc(N)cc4CC[C@H]3[C@@H]1CC[C@@H]2O. The molecule has 0 saturated heterocycles. The summed E-state index contributed by atoms with van der Waals surface area (Å²) in [6.07, 6.45) is 7.05. The fourth-order valence-corrected chi connectivity index (χ4v) is 5.57. The third-order valence-electron chi connectivity index (χ3n) is 6.70. The Morgan fingerprint density at radius 3 is 2.90 bits per heavy atom. The van der Waals surface area contributed by atoms with Crippen molar-refractivity contribution in [3.8, 4) is 0 Å². The van der Waals surface area contributed by atoms with Crippen molar-refractivity contribution in [1.29, 1.82) is 0 Å². The second-order valence-corrected chi connectivity index (χ2v) is 7.51. The molecular weight excluding hydrogens is 246 g/mol. The summed E-state index contributed by atoms with van der Waals surface area (Å²) in [5.74, 6) is 2.21. The van der Waals surface area contributed by atoms with Gasteiger partial charge in [-0.2, -0.15) is 0 Å². The van der Waals surface area contributed by atoms with Gasteiger partial charge in [0.15, 0.2) is 0 Å². The van der Waals surface area contributed by atoms with Crippen LogP contribution in [-0.2, 0) is 6.42 Å². The predicted octanol–water partition coefficient (Wildman–Crippen LogP) is 3.49. The molecule has 3 aliphatic rings. The molecule has 2 saturated carbocycles. The molecule has 4 rings (SSSR count). The Kier molecular flexibility index (Phi) is 2.69. The van der Waals surface area contributed by atoms with Crippen LogP contribution in [0.1, 0.15) is 56.1 Å². The van der Waals surface area contributed by atoms with Gasteiger partial charge in [-0.25, -0.2) is 0 Å². The molecule has 1 aromatic carbocycles. The normalized spacial score (nSPS) is 42.7. The molecule has 3 N–H and O–H groups in total. The summed E-state index contributed by atoms with van der Waals surface area (Å²) in [6.45, 7) is 2.34. The van der Waals surface area contributed by atoms with Gasteiger partial charge in [0.25, 0.3) is 0 Å². The molecule has 2 nitrogen and oxygen atoms in total. The molecule has 3 aliphatic carbocycles. The average Bonchev–Trinajstić information content (AvgIpc) is 2.74. The van der Waals surface area contributed by atoms with Crippen molar-refractivity contribution in [3.05, 3.63) is 29.3 Å². The van der Waals surface area contributed by atoms with Crippen LogP contribution in [0.2, 0.25) is 0 Å². The Morgan fingerprint density at radius 1 is 1.20 bits per heavy atom. The van der Waals surface area contributed by atoms with Crippen molar-refractivity contribution in [1.82, 2.24) is 0 Å². The number of hydrogen-bond donors (Lipinski definition) is 2. The van der Waals surface area contributed by atoms with E-state index in [1.165, 1.54) is 37.7 Å². The summed E-state index contributed by atoms with van der Waals surface area (Å²) in [5.41, 5.74) is 10.1. The van der Waals surface area contributed by atoms with Crippen molar-refractivity contribution in [2.45, 2.75) is 57.5 Å². The van der Waals surface area contributed by atoms with Crippen LogP contribution < -0.4 is 5.73 Å². The van der Waals surface area contributed by atoms with Crippen LogP contribution in [0.5, 0.6) is 0 Å². The van der Waals surface area contributed by atoms with Crippen LogP contribution >= 0.6 is 0 Å². The van der Waals surface area contributed by atoms with Crippen molar-refractivity contribution in [3.63, 3.8) is 0 Å². The number of hydrogen-bond acceptors (Lipinski definition) is 2. The number of nitrogens with two attached hydrogens (primary N) is 1. The summed E-state index contributed by atoms with van der Waals surface area (Å²) in [7, 11) is 0. The highest BCUT2D eigenvalue weighted by Gasteiger charge is 2.54. The monoisotopic (exact) mass is 271 g/mol. The highest BCUT2D eigenvalue weighted by Crippen LogP contribution is 2.60. The summed E-state index contributed by atoms with van der Waals surface area (Å²) < 4.78 is 0. The molecule has 5 atom stereocenters. The van der Waals surface area contributed by atoms with E-state index in [1.54, 1.807) is 5.56 Å². The number of fused-ring (bicyclic) bond motifs is 5. The van der Waals surface area contributed by atoms with Gasteiger partial charge in [0.1, 0.15) is 0 Å². The molecule has 0 aliphatic heterocycles. The van der Waals surface area contributed by atoms with Gasteiger partial charge < -0.3 is 10.8 Å². The van der Waals surface area contributed by atoms with Gasteiger partial charge in [0, 0.05) is 5.69 Å². The van der Waals surface area contributed by atoms with Crippen molar-refractivity contribution < 1.29 is 5.11 Å². The van der Waals surface area contributed by atoms with Gasteiger partial charge in [-0.05, 0) is 85.0 Å². The molecular formula is C18H25NO. The molecule has 0 amide bonds. The maximum atomic E-state index is 10.4. The minimum absolute atomic E-state index is 0.0683. The largest absolute Gasteiger partial charge is 0.399 e. The van der Waals surface area contributed by atoms with Crippen molar-refractivity contribution in [2.75, 3.05) is 5.73 Å². The number of anilines is 1. The molecule has 0 unspecified atom stereocenters. The molecule has 0 bridgehead atoms. The fraction of sp³-hybridized carbons (Fsp3) is 0.667. The van der Waals surface area contributed by atoms with Gasteiger partial charge in [-0.3, -0.25) is 0 Å². The van der Waals surface area contributed by atoms with Crippen LogP contribution in [0.25, 0.3) is 0 Å². The van der Waals surface area contributed by atoms with Crippen molar-refractivity contribution >= 4 is 5.69 Å². The first-order valence-corrected chi connectivity index (χ1v) is 8.16. The Morgan fingerprint density at radius 2 is 2.05 bits per heavy atom. The molecule has 0 spiro atoms. The average molecular weight is 271 g/mol. The number of aliphatic hydroxyl groups excluding tert-OH is 1. The summed E-state index contributed by atoms with van der Waals surface area (Å²) in [6, 6.07) is 6.52. The van der Waals surface area contributed by atoms with E-state index < -0.39 is 0 Å². The molecule has 108 valence electrons. The predicted molar refractivity (Wildman–Crippen MR) is 81.5 cm³/mol. The molecule has 1 aromatic rings. The lowest BCUT2D eigenvalue weighted by molar-refractivity contribution is -0.0226. The first-order valence-electron chi connectivity index (χ1n) is 8.16. The summed E-state index contributed by atoms with van der Waals surface area (Å²) in [4.78, 5) is 0. The maximum absolute atomic E-state index is 10.4. The van der Waals surface area contributed by atoms with Gasteiger partial charge in [-0.15, -0.1) is 0 Å². The van der Waals surface area contributed by atoms with Gasteiger partial charge >= 0.3 is 0 Å². The number of aliphatic hydroxyl groups is 1. The quantitative estimate of drug-likeness (QED) is 0.710. The van der Waals surface area contributed by atoms with E-state index in [1.807, 2.05) is 0 Å². The van der Waals surface area contributed by atoms with Crippen LogP contribution in [-0.4, -0.2) is 11.2 Å². The van der Waals surface area contributed by atoms with Crippen molar-refractivity contribution in [2.24, 2.45) is 17.3 Å². The number of benzene rings is 1. The zero-order valence-electron chi connectivity index (χ0n) is 12.3. The van der Waals surface area contributed by atoms with Gasteiger partial charge in [0.2, 0.25) is 0 Å². The second-order valence-electron chi connectivity index (χ2n) is 7.51. The first-order chi connectivity index (χ1) is 9.59. The number of rotatable bonds is 0. The summed E-state index contributed by atoms with van der Waals surface area (Å²) >= 11 is 0. The molecule has 0 radical (unpaired) electrons. The first kappa shape index (κ1) is 12.7. The van der Waals surface area contributed by atoms with E-state index in [9.17, 15) is 5.11 Å². The van der Waals surface area contributed by atoms with E-state index in [0.717, 1.165) is 23.9 Å². The molecule has 2 fully saturated rings. The van der Waals surface area contributed by atoms with E-state index in [-0.39, 0.29) is 11.5 Å². The lowest BCUT2D eigenvalue weighted by atomic mass is 9.55. The lowest BCUT2D eigenvalue weighted by Gasteiger charge is -2.50. The Hall–Kier alpha value is -1.02. The molecule has 0 heterocycles. The fourth-order valence-electron chi connectivity index (χ4n) is 5.57. The molecule has 20 heavy (non-hydrogen) atoms. The van der Waals surface area contributed by atoms with E-state index >= 15 is 0 Å². The van der Waals surface area contributed by atoms with Gasteiger partial charge in [-0.1, -0.05) is 13.0 Å². The second kappa shape index (κ2) is 4.24. The summed E-state index contributed by atoms with van der Waals surface area (Å²) in [5, 5.41) is 10.4. The van der Waals surface area contributed by atoms with E-state index in [0.29, 0.717) is 5.92 Å². The number of aryl methyl sites for hydroxylation is 1. The van der Waals surface area contributed by atoms with Crippen LogP contribution in [0, 0.1) is 17.3 Å². The third kappa shape index (κ3) is 1.60. The standard InChI is InChI=1S/C18H25NO/c1-18-9-8-14-13-5-3-12(19)10-11(13)2-4-15(14)16(18)6-7-17(18)20/h3,5,10,14-17,20H,2,4,6-9,19H2,1H3/t14-,15-,16+,17+,18+/m1/s1. The maximum Gasteiger partial charge on any atom is 0.0596 e. The molecule has 0 aromatic heterocycles. The van der Waals surface area contributed by atoms with E-state index in [4.69, 9.17) is 5.73 Å². The Bertz CT molecular complexity index is 540. The lowest BCUT2D eigenvalue weighted by Crippen LogP contribution is -2.43. The van der Waals surface area contributed by atoms with Crippen LogP contribution in [0.3, 0.4) is 0 Å².